The number of hydrogen-bond acceptors (Lipinski definition) is 5. The molecule has 12 heavy (non-hydrogen) atoms. The standard InChI is InChI=1S/C6H11ClO5/c7-6(12,5(11)3-9)4(10)1-2-8/h2,4-5,9-12H,1,3H2/t4-,5-,6-/m1/s1. The van der Waals surface area contributed by atoms with Crippen LogP contribution in [-0.4, -0.2) is 50.6 Å². The highest BCUT2D eigenvalue weighted by Gasteiger charge is 2.40. The van der Waals surface area contributed by atoms with Gasteiger partial charge in [0.25, 0.3) is 0 Å². The molecule has 0 aromatic carbocycles. The van der Waals surface area contributed by atoms with Gasteiger partial charge in [0.15, 0.2) is 5.06 Å². The van der Waals surface area contributed by atoms with Crippen molar-refractivity contribution in [3.63, 3.8) is 0 Å². The zero-order valence-corrected chi connectivity index (χ0v) is 6.98. The van der Waals surface area contributed by atoms with Crippen LogP contribution in [0, 0.1) is 0 Å². The molecule has 0 amide bonds. The van der Waals surface area contributed by atoms with E-state index >= 15 is 0 Å². The summed E-state index contributed by atoms with van der Waals surface area (Å²) in [6.45, 7) is -0.796. The topological polar surface area (TPSA) is 98.0 Å². The van der Waals surface area contributed by atoms with E-state index in [-0.39, 0.29) is 0 Å². The fraction of sp³-hybridized carbons (Fsp3) is 0.833. The van der Waals surface area contributed by atoms with Gasteiger partial charge in [-0.05, 0) is 0 Å². The number of carbonyl (C=O) groups is 1. The number of alkyl halides is 1. The van der Waals surface area contributed by atoms with Crippen LogP contribution in [0.5, 0.6) is 0 Å². The van der Waals surface area contributed by atoms with E-state index in [0.29, 0.717) is 6.29 Å². The number of halogens is 1. The Kier molecular flexibility index (Phi) is 4.66. The first kappa shape index (κ1) is 11.8. The SMILES string of the molecule is O=CC[C@@H](O)[C@](O)(Cl)[C@H](O)CO. The predicted octanol–water partition coefficient (Wildman–Crippen LogP) is -1.78. The molecular formula is C6H11ClO5. The first-order chi connectivity index (χ1) is 5.46. The summed E-state index contributed by atoms with van der Waals surface area (Å²) in [5.74, 6) is 0. The molecule has 0 aliphatic heterocycles. The van der Waals surface area contributed by atoms with Gasteiger partial charge in [-0.2, -0.15) is 0 Å². The van der Waals surface area contributed by atoms with Gasteiger partial charge in [-0.25, -0.2) is 0 Å². The van der Waals surface area contributed by atoms with Crippen molar-refractivity contribution in [1.29, 1.82) is 0 Å². The lowest BCUT2D eigenvalue weighted by Crippen LogP contribution is -2.49. The Balaban J connectivity index is 4.25. The summed E-state index contributed by atoms with van der Waals surface area (Å²) >= 11 is 5.25. The van der Waals surface area contributed by atoms with E-state index in [2.05, 4.69) is 0 Å². The lowest BCUT2D eigenvalue weighted by molar-refractivity contribution is -0.123. The van der Waals surface area contributed by atoms with E-state index < -0.39 is 30.3 Å². The Labute approximate surface area is 74.2 Å². The van der Waals surface area contributed by atoms with E-state index in [9.17, 15) is 4.79 Å². The molecule has 3 atom stereocenters. The Morgan fingerprint density at radius 1 is 1.42 bits per heavy atom. The fourth-order valence-electron chi connectivity index (χ4n) is 0.607. The van der Waals surface area contributed by atoms with Crippen molar-refractivity contribution >= 4 is 17.9 Å². The van der Waals surface area contributed by atoms with E-state index in [1.54, 1.807) is 0 Å². The third-order valence-electron chi connectivity index (χ3n) is 1.43. The van der Waals surface area contributed by atoms with Crippen LogP contribution in [0.2, 0.25) is 0 Å². The molecule has 0 saturated heterocycles. The monoisotopic (exact) mass is 198 g/mol. The molecule has 0 fully saturated rings. The number of rotatable bonds is 5. The molecule has 4 N–H and O–H groups in total. The number of aliphatic hydroxyl groups excluding tert-OH is 3. The van der Waals surface area contributed by atoms with Crippen molar-refractivity contribution in [1.82, 2.24) is 0 Å². The molecule has 5 nitrogen and oxygen atoms in total. The summed E-state index contributed by atoms with van der Waals surface area (Å²) in [5.41, 5.74) is 0. The summed E-state index contributed by atoms with van der Waals surface area (Å²) in [6, 6.07) is 0. The molecule has 72 valence electrons. The van der Waals surface area contributed by atoms with Gasteiger partial charge in [0, 0.05) is 6.42 Å². The smallest absolute Gasteiger partial charge is 0.193 e. The van der Waals surface area contributed by atoms with Crippen LogP contribution in [0.25, 0.3) is 0 Å². The summed E-state index contributed by atoms with van der Waals surface area (Å²) in [4.78, 5) is 9.90. The van der Waals surface area contributed by atoms with Crippen LogP contribution in [-0.2, 0) is 4.79 Å². The molecule has 0 aromatic heterocycles. The minimum Gasteiger partial charge on any atom is -0.394 e. The van der Waals surface area contributed by atoms with Crippen LogP contribution in [0.4, 0.5) is 0 Å². The average Bonchev–Trinajstić information content (AvgIpc) is 2.03. The van der Waals surface area contributed by atoms with Crippen molar-refractivity contribution in [3.05, 3.63) is 0 Å². The summed E-state index contributed by atoms with van der Waals surface area (Å²) in [6.07, 6.45) is -3.34. The molecule has 0 rings (SSSR count). The van der Waals surface area contributed by atoms with Crippen LogP contribution < -0.4 is 0 Å². The molecule has 0 bridgehead atoms. The van der Waals surface area contributed by atoms with Gasteiger partial charge >= 0.3 is 0 Å². The van der Waals surface area contributed by atoms with E-state index in [0.717, 1.165) is 0 Å². The molecular weight excluding hydrogens is 188 g/mol. The largest absolute Gasteiger partial charge is 0.394 e. The first-order valence-electron chi connectivity index (χ1n) is 3.28. The highest BCUT2D eigenvalue weighted by molar-refractivity contribution is 6.23. The van der Waals surface area contributed by atoms with Crippen molar-refractivity contribution in [2.24, 2.45) is 0 Å². The van der Waals surface area contributed by atoms with Crippen LogP contribution >= 0.6 is 11.6 Å². The second kappa shape index (κ2) is 4.74. The lowest BCUT2D eigenvalue weighted by Gasteiger charge is -2.28. The van der Waals surface area contributed by atoms with Crippen molar-refractivity contribution in [3.8, 4) is 0 Å². The van der Waals surface area contributed by atoms with Gasteiger partial charge in [-0.1, -0.05) is 11.6 Å². The maximum Gasteiger partial charge on any atom is 0.193 e. The Morgan fingerprint density at radius 2 is 1.92 bits per heavy atom. The normalized spacial score (nSPS) is 21.1. The summed E-state index contributed by atoms with van der Waals surface area (Å²) in [5, 5.41) is 33.0. The van der Waals surface area contributed by atoms with Gasteiger partial charge in [-0.15, -0.1) is 0 Å². The Hall–Kier alpha value is -0.200. The zero-order valence-electron chi connectivity index (χ0n) is 6.22. The molecule has 0 aliphatic carbocycles. The number of carbonyl (C=O) groups excluding carboxylic acids is 1. The van der Waals surface area contributed by atoms with Gasteiger partial charge in [0.1, 0.15) is 18.5 Å². The van der Waals surface area contributed by atoms with Crippen molar-refractivity contribution in [2.75, 3.05) is 6.61 Å². The summed E-state index contributed by atoms with van der Waals surface area (Å²) in [7, 11) is 0. The van der Waals surface area contributed by atoms with Crippen molar-refractivity contribution < 1.29 is 25.2 Å². The second-order valence-corrected chi connectivity index (χ2v) is 2.95. The lowest BCUT2D eigenvalue weighted by atomic mass is 10.1. The molecule has 0 aliphatic rings. The van der Waals surface area contributed by atoms with E-state index in [1.165, 1.54) is 0 Å². The van der Waals surface area contributed by atoms with Gasteiger partial charge < -0.3 is 25.2 Å². The van der Waals surface area contributed by atoms with Crippen LogP contribution in [0.3, 0.4) is 0 Å². The molecule has 0 unspecified atom stereocenters. The first-order valence-corrected chi connectivity index (χ1v) is 3.66. The van der Waals surface area contributed by atoms with E-state index in [1.807, 2.05) is 0 Å². The number of aliphatic hydroxyl groups is 4. The molecule has 0 heterocycles. The summed E-state index contributed by atoms with van der Waals surface area (Å²) < 4.78 is 0. The Morgan fingerprint density at radius 3 is 2.25 bits per heavy atom. The highest BCUT2D eigenvalue weighted by Crippen LogP contribution is 2.22. The predicted molar refractivity (Wildman–Crippen MR) is 40.6 cm³/mol. The van der Waals surface area contributed by atoms with Crippen LogP contribution in [0.1, 0.15) is 6.42 Å². The maximum absolute atomic E-state index is 9.90. The average molecular weight is 199 g/mol. The zero-order chi connectivity index (χ0) is 9.78. The van der Waals surface area contributed by atoms with E-state index in [4.69, 9.17) is 32.0 Å². The molecule has 0 radical (unpaired) electrons. The Bertz CT molecular complexity index is 149. The van der Waals surface area contributed by atoms with Gasteiger partial charge in [0.2, 0.25) is 0 Å². The van der Waals surface area contributed by atoms with Crippen molar-refractivity contribution in [2.45, 2.75) is 23.7 Å². The van der Waals surface area contributed by atoms with Gasteiger partial charge in [0.05, 0.1) is 6.61 Å². The highest BCUT2D eigenvalue weighted by atomic mass is 35.5. The fourth-order valence-corrected chi connectivity index (χ4v) is 0.765. The number of hydrogen-bond donors (Lipinski definition) is 4. The van der Waals surface area contributed by atoms with Gasteiger partial charge in [-0.3, -0.25) is 0 Å². The third-order valence-corrected chi connectivity index (χ3v) is 1.93. The quantitative estimate of drug-likeness (QED) is 0.309. The van der Waals surface area contributed by atoms with Crippen LogP contribution in [0.15, 0.2) is 0 Å². The molecule has 6 heteroatoms. The molecule has 0 spiro atoms. The third kappa shape index (κ3) is 2.69. The molecule has 0 aromatic rings. The molecule has 0 saturated carbocycles. The number of aldehydes is 1. The minimum atomic E-state index is -2.38. The maximum atomic E-state index is 9.90. The minimum absolute atomic E-state index is 0.349. The second-order valence-electron chi connectivity index (χ2n) is 2.34.